The summed E-state index contributed by atoms with van der Waals surface area (Å²) in [7, 11) is -6.89. The van der Waals surface area contributed by atoms with Crippen LogP contribution in [0.2, 0.25) is 0 Å². The van der Waals surface area contributed by atoms with E-state index in [0.717, 1.165) is 0 Å². The lowest BCUT2D eigenvalue weighted by molar-refractivity contribution is -0.463. The van der Waals surface area contributed by atoms with Crippen molar-refractivity contribution in [2.24, 2.45) is 5.92 Å². The third-order valence-electron chi connectivity index (χ3n) is 3.43. The van der Waals surface area contributed by atoms with Gasteiger partial charge in [-0.05, 0) is 12.8 Å². The standard InChI is InChI=1S/C10H12F8O4S/c11-7(12,6-4-2-1-3-5-6)8(13,14)22-9(15,16)10(17,18)23(19,20)21/h6H,1-5H2,(H,19,20,21). The number of ether oxygens (including phenoxy) is 1. The molecule has 0 amide bonds. The van der Waals surface area contributed by atoms with Crippen LogP contribution in [-0.4, -0.2) is 36.4 Å². The summed E-state index contributed by atoms with van der Waals surface area (Å²) in [6.07, 6.45) is -12.9. The Labute approximate surface area is 125 Å². The Bertz CT molecular complexity index is 527. The van der Waals surface area contributed by atoms with E-state index < -0.39 is 52.3 Å². The maximum Gasteiger partial charge on any atom is 0.460 e. The van der Waals surface area contributed by atoms with Crippen molar-refractivity contribution in [1.82, 2.24) is 0 Å². The predicted octanol–water partition coefficient (Wildman–Crippen LogP) is 3.88. The first-order chi connectivity index (χ1) is 10.1. The largest absolute Gasteiger partial charge is 0.460 e. The molecule has 4 nitrogen and oxygen atoms in total. The highest BCUT2D eigenvalue weighted by molar-refractivity contribution is 7.86. The zero-order chi connectivity index (χ0) is 18.3. The lowest BCUT2D eigenvalue weighted by Crippen LogP contribution is -2.57. The number of halogens is 8. The van der Waals surface area contributed by atoms with E-state index in [9.17, 15) is 43.5 Å². The van der Waals surface area contributed by atoms with Gasteiger partial charge in [-0.3, -0.25) is 4.55 Å². The molecule has 1 N–H and O–H groups in total. The Balaban J connectivity index is 3.08. The van der Waals surface area contributed by atoms with Gasteiger partial charge in [-0.2, -0.15) is 43.5 Å². The van der Waals surface area contributed by atoms with Crippen molar-refractivity contribution in [2.45, 2.75) is 55.5 Å². The molecule has 0 aromatic heterocycles. The molecule has 23 heavy (non-hydrogen) atoms. The van der Waals surface area contributed by atoms with Crippen LogP contribution in [0.15, 0.2) is 0 Å². The Kier molecular flexibility index (Phi) is 5.30. The molecule has 1 aliphatic carbocycles. The number of rotatable bonds is 6. The minimum Gasteiger partial charge on any atom is -0.281 e. The van der Waals surface area contributed by atoms with Gasteiger partial charge >= 0.3 is 33.5 Å². The second kappa shape index (κ2) is 5.99. The van der Waals surface area contributed by atoms with Crippen LogP contribution in [0.1, 0.15) is 32.1 Å². The molecule has 0 aromatic rings. The van der Waals surface area contributed by atoms with Gasteiger partial charge in [0.05, 0.1) is 0 Å². The molecule has 1 saturated carbocycles. The van der Waals surface area contributed by atoms with Crippen LogP contribution in [0.5, 0.6) is 0 Å². The average molecular weight is 380 g/mol. The summed E-state index contributed by atoms with van der Waals surface area (Å²) in [4.78, 5) is 0. The monoisotopic (exact) mass is 380 g/mol. The van der Waals surface area contributed by atoms with Crippen molar-refractivity contribution in [3.63, 3.8) is 0 Å². The molecule has 0 aliphatic heterocycles. The molecule has 0 unspecified atom stereocenters. The molecule has 1 aliphatic rings. The molecule has 1 rings (SSSR count). The smallest absolute Gasteiger partial charge is 0.281 e. The van der Waals surface area contributed by atoms with Crippen LogP contribution in [-0.2, 0) is 14.9 Å². The maximum atomic E-state index is 13.6. The topological polar surface area (TPSA) is 63.6 Å². The number of hydrogen-bond acceptors (Lipinski definition) is 3. The number of hydrogen-bond donors (Lipinski definition) is 1. The third kappa shape index (κ3) is 3.71. The first-order valence-corrected chi connectivity index (χ1v) is 7.69. The van der Waals surface area contributed by atoms with Gasteiger partial charge in [0.25, 0.3) is 0 Å². The summed E-state index contributed by atoms with van der Waals surface area (Å²) in [6, 6.07) is 0. The summed E-state index contributed by atoms with van der Waals surface area (Å²) in [5, 5.41) is -6.54. The average Bonchev–Trinajstić information content (AvgIpc) is 2.36. The van der Waals surface area contributed by atoms with Crippen molar-refractivity contribution in [3.05, 3.63) is 0 Å². The SMILES string of the molecule is O=S(=O)(O)C(F)(F)C(F)(F)OC(F)(F)C(F)(F)C1CCCCC1. The third-order valence-corrected chi connectivity index (χ3v) is 4.31. The van der Waals surface area contributed by atoms with Crippen LogP contribution in [0.4, 0.5) is 35.1 Å². The van der Waals surface area contributed by atoms with E-state index in [-0.39, 0.29) is 12.8 Å². The highest BCUT2D eigenvalue weighted by atomic mass is 32.2. The molecule has 13 heteroatoms. The highest BCUT2D eigenvalue weighted by Crippen LogP contribution is 2.51. The Hall–Kier alpha value is -0.690. The van der Waals surface area contributed by atoms with Gasteiger partial charge in [-0.15, -0.1) is 0 Å². The molecule has 1 fully saturated rings. The molecular weight excluding hydrogens is 368 g/mol. The molecule has 0 bridgehead atoms. The summed E-state index contributed by atoms with van der Waals surface area (Å²) < 4.78 is 136. The Morgan fingerprint density at radius 1 is 0.826 bits per heavy atom. The van der Waals surface area contributed by atoms with Crippen LogP contribution in [0.25, 0.3) is 0 Å². The zero-order valence-corrected chi connectivity index (χ0v) is 12.0. The molecule has 0 atom stereocenters. The Morgan fingerprint density at radius 2 is 1.26 bits per heavy atom. The van der Waals surface area contributed by atoms with Gasteiger partial charge in [-0.25, -0.2) is 4.74 Å². The summed E-state index contributed by atoms with van der Waals surface area (Å²) in [5.41, 5.74) is 0. The minimum atomic E-state index is -6.89. The van der Waals surface area contributed by atoms with E-state index in [0.29, 0.717) is 6.42 Å². The van der Waals surface area contributed by atoms with E-state index in [1.807, 2.05) is 0 Å². The normalized spacial score (nSPS) is 19.9. The lowest BCUT2D eigenvalue weighted by Gasteiger charge is -2.36. The lowest BCUT2D eigenvalue weighted by atomic mass is 9.84. The fourth-order valence-corrected chi connectivity index (χ4v) is 2.48. The van der Waals surface area contributed by atoms with Crippen molar-refractivity contribution < 1.29 is 52.8 Å². The molecule has 138 valence electrons. The predicted molar refractivity (Wildman–Crippen MR) is 59.0 cm³/mol. The van der Waals surface area contributed by atoms with Gasteiger partial charge in [-0.1, -0.05) is 19.3 Å². The first-order valence-electron chi connectivity index (χ1n) is 6.25. The van der Waals surface area contributed by atoms with Crippen molar-refractivity contribution in [3.8, 4) is 0 Å². The van der Waals surface area contributed by atoms with Gasteiger partial charge in [0.15, 0.2) is 0 Å². The maximum absolute atomic E-state index is 13.6. The van der Waals surface area contributed by atoms with E-state index in [2.05, 4.69) is 4.74 Å². The van der Waals surface area contributed by atoms with Gasteiger partial charge in [0.2, 0.25) is 0 Å². The highest BCUT2D eigenvalue weighted by Gasteiger charge is 2.74. The van der Waals surface area contributed by atoms with E-state index >= 15 is 0 Å². The second-order valence-electron chi connectivity index (χ2n) is 5.09. The van der Waals surface area contributed by atoms with Crippen LogP contribution in [0.3, 0.4) is 0 Å². The molecule has 0 spiro atoms. The number of alkyl halides is 8. The quantitative estimate of drug-likeness (QED) is 0.561. The van der Waals surface area contributed by atoms with Gasteiger partial charge < -0.3 is 0 Å². The summed E-state index contributed by atoms with van der Waals surface area (Å²) in [5.74, 6) is -7.33. The van der Waals surface area contributed by atoms with Crippen LogP contribution in [0, 0.1) is 5.92 Å². The van der Waals surface area contributed by atoms with Crippen molar-refractivity contribution in [2.75, 3.05) is 0 Å². The molecule has 0 saturated heterocycles. The van der Waals surface area contributed by atoms with Crippen molar-refractivity contribution in [1.29, 1.82) is 0 Å². The molecule has 0 radical (unpaired) electrons. The second-order valence-corrected chi connectivity index (χ2v) is 6.55. The summed E-state index contributed by atoms with van der Waals surface area (Å²) >= 11 is 0. The molecule has 0 aromatic carbocycles. The summed E-state index contributed by atoms with van der Waals surface area (Å²) in [6.45, 7) is 0. The molecule has 0 heterocycles. The van der Waals surface area contributed by atoms with E-state index in [1.54, 1.807) is 0 Å². The fraction of sp³-hybridized carbons (Fsp3) is 1.00. The van der Waals surface area contributed by atoms with Gasteiger partial charge in [0, 0.05) is 5.92 Å². The van der Waals surface area contributed by atoms with Crippen LogP contribution >= 0.6 is 0 Å². The van der Waals surface area contributed by atoms with E-state index in [1.165, 1.54) is 0 Å². The minimum absolute atomic E-state index is 0.105. The fourth-order valence-electron chi connectivity index (χ4n) is 2.14. The molecular formula is C10H12F8O4S. The first kappa shape index (κ1) is 20.4. The van der Waals surface area contributed by atoms with Gasteiger partial charge in [0.1, 0.15) is 0 Å². The van der Waals surface area contributed by atoms with Crippen LogP contribution < -0.4 is 0 Å². The Morgan fingerprint density at radius 3 is 1.65 bits per heavy atom. The van der Waals surface area contributed by atoms with Crippen molar-refractivity contribution >= 4 is 10.1 Å². The van der Waals surface area contributed by atoms with E-state index in [4.69, 9.17) is 4.55 Å². The zero-order valence-electron chi connectivity index (χ0n) is 11.2.